The van der Waals surface area contributed by atoms with Crippen molar-refractivity contribution in [3.8, 4) is 0 Å². The summed E-state index contributed by atoms with van der Waals surface area (Å²) >= 11 is 0. The van der Waals surface area contributed by atoms with Crippen LogP contribution < -0.4 is 0 Å². The molecule has 7 nitrogen and oxygen atoms in total. The second kappa shape index (κ2) is 5.33. The largest absolute Gasteiger partial charge is 0.390 e. The number of nitrogens with zero attached hydrogens (tertiary/aromatic N) is 2. The van der Waals surface area contributed by atoms with Crippen LogP contribution in [0.1, 0.15) is 24.1 Å². The molecule has 1 aromatic heterocycles. The molecule has 0 bridgehead atoms. The predicted octanol–water partition coefficient (Wildman–Crippen LogP) is -0.478. The molecular formula is C10H16N2O5S. The Hall–Kier alpha value is -0.990. The van der Waals surface area contributed by atoms with E-state index in [9.17, 15) is 13.5 Å². The third-order valence-corrected chi connectivity index (χ3v) is 4.62. The highest BCUT2D eigenvalue weighted by molar-refractivity contribution is 7.91. The van der Waals surface area contributed by atoms with E-state index in [2.05, 4.69) is 10.1 Å². The van der Waals surface area contributed by atoms with Crippen LogP contribution in [0.15, 0.2) is 4.52 Å². The quantitative estimate of drug-likeness (QED) is 0.774. The first-order valence-electron chi connectivity index (χ1n) is 5.70. The lowest BCUT2D eigenvalue weighted by molar-refractivity contribution is 0.0599. The first kappa shape index (κ1) is 13.4. The molecule has 0 aromatic carbocycles. The van der Waals surface area contributed by atoms with Gasteiger partial charge in [-0.2, -0.15) is 4.98 Å². The van der Waals surface area contributed by atoms with Gasteiger partial charge in [0, 0.05) is 13.0 Å². The van der Waals surface area contributed by atoms with Crippen LogP contribution >= 0.6 is 0 Å². The molecule has 0 amide bonds. The molecule has 1 saturated heterocycles. The zero-order valence-electron chi connectivity index (χ0n) is 10.1. The van der Waals surface area contributed by atoms with Crippen LogP contribution in [-0.4, -0.2) is 55.0 Å². The van der Waals surface area contributed by atoms with Crippen LogP contribution in [0.4, 0.5) is 0 Å². The number of rotatable bonds is 5. The monoisotopic (exact) mass is 276 g/mol. The molecule has 18 heavy (non-hydrogen) atoms. The van der Waals surface area contributed by atoms with Crippen molar-refractivity contribution in [2.45, 2.75) is 24.9 Å². The number of methoxy groups -OCH3 is 1. The Labute approximate surface area is 105 Å². The van der Waals surface area contributed by atoms with Gasteiger partial charge in [0.25, 0.3) is 0 Å². The second-order valence-electron chi connectivity index (χ2n) is 4.46. The van der Waals surface area contributed by atoms with Gasteiger partial charge < -0.3 is 14.4 Å². The van der Waals surface area contributed by atoms with Crippen molar-refractivity contribution in [3.05, 3.63) is 11.7 Å². The van der Waals surface area contributed by atoms with Crippen molar-refractivity contribution < 1.29 is 22.8 Å². The zero-order valence-corrected chi connectivity index (χ0v) is 10.9. The normalized spacial score (nSPS) is 24.2. The van der Waals surface area contributed by atoms with E-state index in [0.29, 0.717) is 18.1 Å². The lowest BCUT2D eigenvalue weighted by Gasteiger charge is -2.04. The highest BCUT2D eigenvalue weighted by Gasteiger charge is 2.32. The van der Waals surface area contributed by atoms with Crippen molar-refractivity contribution in [2.75, 3.05) is 25.2 Å². The summed E-state index contributed by atoms with van der Waals surface area (Å²) in [7, 11) is -1.47. The van der Waals surface area contributed by atoms with E-state index in [0.717, 1.165) is 0 Å². The minimum atomic E-state index is -2.96. The minimum absolute atomic E-state index is 0.0760. The maximum Gasteiger partial charge on any atom is 0.229 e. The van der Waals surface area contributed by atoms with E-state index in [1.54, 1.807) is 0 Å². The summed E-state index contributed by atoms with van der Waals surface area (Å²) in [5.41, 5.74) is 0. The topological polar surface area (TPSA) is 103 Å². The second-order valence-corrected chi connectivity index (χ2v) is 6.69. The number of sulfone groups is 1. The molecule has 0 spiro atoms. The summed E-state index contributed by atoms with van der Waals surface area (Å²) in [5, 5.41) is 13.3. The molecular weight excluding hydrogens is 260 g/mol. The first-order valence-corrected chi connectivity index (χ1v) is 7.52. The molecule has 8 heteroatoms. The molecule has 1 fully saturated rings. The number of hydrogen-bond acceptors (Lipinski definition) is 7. The Morgan fingerprint density at radius 2 is 2.39 bits per heavy atom. The summed E-state index contributed by atoms with van der Waals surface area (Å²) < 4.78 is 32.5. The molecule has 1 aliphatic heterocycles. The highest BCUT2D eigenvalue weighted by Crippen LogP contribution is 2.26. The Kier molecular flexibility index (Phi) is 3.98. The van der Waals surface area contributed by atoms with Crippen LogP contribution in [0.25, 0.3) is 0 Å². The summed E-state index contributed by atoms with van der Waals surface area (Å²) in [4.78, 5) is 4.12. The van der Waals surface area contributed by atoms with Gasteiger partial charge in [0.1, 0.15) is 0 Å². The smallest absolute Gasteiger partial charge is 0.229 e. The van der Waals surface area contributed by atoms with Crippen LogP contribution in [0, 0.1) is 0 Å². The summed E-state index contributed by atoms with van der Waals surface area (Å²) in [6.45, 7) is 0.190. The standard InChI is InChI=1S/C10H16N2O5S/c1-16-5-8(13)4-9-11-10(12-17-9)7-2-3-18(14,15)6-7/h7-8,13H,2-6H2,1H3. The Morgan fingerprint density at radius 1 is 1.61 bits per heavy atom. The number of aliphatic hydroxyl groups is 1. The van der Waals surface area contributed by atoms with Crippen LogP contribution in [0.3, 0.4) is 0 Å². The van der Waals surface area contributed by atoms with Crippen LogP contribution in [-0.2, 0) is 21.0 Å². The number of ether oxygens (including phenoxy) is 1. The van der Waals surface area contributed by atoms with E-state index in [1.807, 2.05) is 0 Å². The molecule has 2 rings (SSSR count). The summed E-state index contributed by atoms with van der Waals surface area (Å²) in [5.74, 6) is 0.780. The molecule has 0 aliphatic carbocycles. The predicted molar refractivity (Wildman–Crippen MR) is 61.9 cm³/mol. The van der Waals surface area contributed by atoms with E-state index < -0.39 is 15.9 Å². The van der Waals surface area contributed by atoms with Gasteiger partial charge in [0.15, 0.2) is 15.7 Å². The average molecular weight is 276 g/mol. The molecule has 2 heterocycles. The van der Waals surface area contributed by atoms with Crippen molar-refractivity contribution in [1.29, 1.82) is 0 Å². The van der Waals surface area contributed by atoms with Gasteiger partial charge in [-0.25, -0.2) is 8.42 Å². The molecule has 1 aromatic rings. The van der Waals surface area contributed by atoms with Crippen molar-refractivity contribution in [2.24, 2.45) is 0 Å². The van der Waals surface area contributed by atoms with E-state index in [-0.39, 0.29) is 30.5 Å². The number of aromatic nitrogens is 2. The van der Waals surface area contributed by atoms with E-state index in [4.69, 9.17) is 9.26 Å². The fourth-order valence-electron chi connectivity index (χ4n) is 1.97. The third kappa shape index (κ3) is 3.27. The Balaban J connectivity index is 1.98. The zero-order chi connectivity index (χ0) is 13.2. The maximum atomic E-state index is 11.3. The summed E-state index contributed by atoms with van der Waals surface area (Å²) in [6, 6.07) is 0. The highest BCUT2D eigenvalue weighted by atomic mass is 32.2. The number of aliphatic hydroxyl groups excluding tert-OH is 1. The van der Waals surface area contributed by atoms with Gasteiger partial charge in [-0.15, -0.1) is 0 Å². The molecule has 1 aliphatic rings. The SMILES string of the molecule is COCC(O)Cc1nc(C2CCS(=O)(=O)C2)no1. The Bertz CT molecular complexity index is 498. The van der Waals surface area contributed by atoms with Crippen molar-refractivity contribution in [3.63, 3.8) is 0 Å². The molecule has 102 valence electrons. The molecule has 0 saturated carbocycles. The third-order valence-electron chi connectivity index (χ3n) is 2.85. The summed E-state index contributed by atoms with van der Waals surface area (Å²) in [6.07, 6.45) is 0.0398. The lowest BCUT2D eigenvalue weighted by atomic mass is 10.1. The molecule has 2 atom stereocenters. The van der Waals surface area contributed by atoms with Gasteiger partial charge in [-0.05, 0) is 6.42 Å². The molecule has 1 N–H and O–H groups in total. The number of hydrogen-bond donors (Lipinski definition) is 1. The maximum absolute atomic E-state index is 11.3. The molecule has 0 radical (unpaired) electrons. The van der Waals surface area contributed by atoms with Crippen molar-refractivity contribution in [1.82, 2.24) is 10.1 Å². The van der Waals surface area contributed by atoms with Gasteiger partial charge in [0.05, 0.1) is 30.6 Å². The first-order chi connectivity index (χ1) is 8.50. The lowest BCUT2D eigenvalue weighted by Crippen LogP contribution is -2.17. The average Bonchev–Trinajstić information content (AvgIpc) is 2.85. The van der Waals surface area contributed by atoms with Gasteiger partial charge >= 0.3 is 0 Å². The Morgan fingerprint density at radius 3 is 3.00 bits per heavy atom. The minimum Gasteiger partial charge on any atom is -0.390 e. The van der Waals surface area contributed by atoms with Crippen LogP contribution in [0.5, 0.6) is 0 Å². The van der Waals surface area contributed by atoms with Crippen LogP contribution in [0.2, 0.25) is 0 Å². The van der Waals surface area contributed by atoms with E-state index in [1.165, 1.54) is 7.11 Å². The van der Waals surface area contributed by atoms with Crippen molar-refractivity contribution >= 4 is 9.84 Å². The van der Waals surface area contributed by atoms with Gasteiger partial charge in [-0.1, -0.05) is 5.16 Å². The fraction of sp³-hybridized carbons (Fsp3) is 0.800. The van der Waals surface area contributed by atoms with E-state index >= 15 is 0 Å². The van der Waals surface area contributed by atoms with Gasteiger partial charge in [-0.3, -0.25) is 0 Å². The molecule has 2 unspecified atom stereocenters. The van der Waals surface area contributed by atoms with Gasteiger partial charge in [0.2, 0.25) is 5.89 Å². The fourth-order valence-corrected chi connectivity index (χ4v) is 3.71.